The zero-order valence-corrected chi connectivity index (χ0v) is 15.0. The number of halogens is 1. The average molecular weight is 372 g/mol. The summed E-state index contributed by atoms with van der Waals surface area (Å²) < 4.78 is 12.0. The van der Waals surface area contributed by atoms with E-state index in [-0.39, 0.29) is 17.1 Å². The lowest BCUT2D eigenvalue weighted by atomic mass is 10.2. The van der Waals surface area contributed by atoms with Gasteiger partial charge in [-0.3, -0.25) is 4.79 Å². The van der Waals surface area contributed by atoms with Crippen LogP contribution in [0.15, 0.2) is 0 Å². The van der Waals surface area contributed by atoms with Crippen LogP contribution in [0.3, 0.4) is 0 Å². The quantitative estimate of drug-likeness (QED) is 0.308. The largest absolute Gasteiger partial charge is 0.466 e. The van der Waals surface area contributed by atoms with Crippen molar-refractivity contribution in [2.75, 3.05) is 11.0 Å². The van der Waals surface area contributed by atoms with Gasteiger partial charge in [0.2, 0.25) is 0 Å². The molecule has 0 unspecified atom stereocenters. The molecule has 0 aromatic carbocycles. The first-order chi connectivity index (χ1) is 7.64. The lowest BCUT2D eigenvalue weighted by molar-refractivity contribution is -0.144. The molecule has 17 heavy (non-hydrogen) atoms. The molecular weight excluding hydrogens is 347 g/mol. The number of rotatable bonds is 6. The third-order valence-corrected chi connectivity index (χ3v) is 8.66. The van der Waals surface area contributed by atoms with E-state index in [2.05, 4.69) is 56.5 Å². The molecule has 0 saturated heterocycles. The van der Waals surface area contributed by atoms with Crippen molar-refractivity contribution in [3.63, 3.8) is 0 Å². The minimum atomic E-state index is -1.79. The molecule has 0 N–H and O–H groups in total. The molecule has 0 aliphatic carbocycles. The van der Waals surface area contributed by atoms with E-state index in [1.54, 1.807) is 0 Å². The Balaban J connectivity index is 4.45. The van der Waals surface area contributed by atoms with E-state index in [0.29, 0.717) is 13.0 Å². The first-order valence-corrected chi connectivity index (χ1v) is 10.5. The van der Waals surface area contributed by atoms with Gasteiger partial charge in [-0.1, -0.05) is 43.4 Å². The molecule has 0 spiro atoms. The maximum atomic E-state index is 11.5. The fourth-order valence-corrected chi connectivity index (χ4v) is 3.31. The van der Waals surface area contributed by atoms with Crippen LogP contribution in [0.25, 0.3) is 0 Å². The van der Waals surface area contributed by atoms with Gasteiger partial charge in [0.25, 0.3) is 0 Å². The van der Waals surface area contributed by atoms with Crippen molar-refractivity contribution in [3.05, 3.63) is 0 Å². The molecule has 0 amide bonds. The molecule has 5 heteroatoms. The lowest BCUT2D eigenvalue weighted by Crippen LogP contribution is -2.45. The highest BCUT2D eigenvalue weighted by Crippen LogP contribution is 2.37. The van der Waals surface area contributed by atoms with Gasteiger partial charge in [0, 0.05) is 4.43 Å². The first kappa shape index (κ1) is 17.4. The van der Waals surface area contributed by atoms with Crippen LogP contribution in [-0.2, 0) is 14.0 Å². The lowest BCUT2D eigenvalue weighted by Gasteiger charge is -2.38. The number of alkyl halides is 1. The summed E-state index contributed by atoms with van der Waals surface area (Å²) in [5.74, 6) is -0.159. The SMILES string of the molecule is CCOC(=O)C[C@H](CI)O[Si](C)(C)C(C)(C)C. The molecule has 102 valence electrons. The Hall–Kier alpha value is 0.377. The number of carbonyl (C=O) groups excluding carboxylic acids is 1. The van der Waals surface area contributed by atoms with Gasteiger partial charge in [-0.15, -0.1) is 0 Å². The second-order valence-electron chi connectivity index (χ2n) is 5.66. The van der Waals surface area contributed by atoms with Crippen LogP contribution in [0.5, 0.6) is 0 Å². The highest BCUT2D eigenvalue weighted by molar-refractivity contribution is 14.1. The molecule has 0 bridgehead atoms. The van der Waals surface area contributed by atoms with E-state index in [9.17, 15) is 4.79 Å². The summed E-state index contributed by atoms with van der Waals surface area (Å²) in [5, 5.41) is 0.172. The van der Waals surface area contributed by atoms with Crippen LogP contribution in [0, 0.1) is 0 Å². The Kier molecular flexibility index (Phi) is 7.24. The van der Waals surface area contributed by atoms with E-state index in [0.717, 1.165) is 4.43 Å². The number of carbonyl (C=O) groups is 1. The highest BCUT2D eigenvalue weighted by Gasteiger charge is 2.39. The number of ether oxygens (including phenoxy) is 1. The molecular formula is C12H25IO3Si. The Morgan fingerprint density at radius 2 is 1.88 bits per heavy atom. The van der Waals surface area contributed by atoms with Gasteiger partial charge in [-0.05, 0) is 25.1 Å². The van der Waals surface area contributed by atoms with Crippen molar-refractivity contribution >= 4 is 36.9 Å². The summed E-state index contributed by atoms with van der Waals surface area (Å²) in [6, 6.07) is 0. The summed E-state index contributed by atoms with van der Waals surface area (Å²) in [5.41, 5.74) is 0. The van der Waals surface area contributed by atoms with Crippen molar-refractivity contribution in [1.29, 1.82) is 0 Å². The maximum Gasteiger partial charge on any atom is 0.308 e. The zero-order valence-electron chi connectivity index (χ0n) is 11.8. The minimum absolute atomic E-state index is 0.0180. The molecule has 0 rings (SSSR count). The zero-order chi connectivity index (χ0) is 13.7. The van der Waals surface area contributed by atoms with Crippen molar-refractivity contribution in [1.82, 2.24) is 0 Å². The van der Waals surface area contributed by atoms with E-state index in [1.807, 2.05) is 6.92 Å². The number of hydrogen-bond acceptors (Lipinski definition) is 3. The number of hydrogen-bond donors (Lipinski definition) is 0. The Morgan fingerprint density at radius 3 is 2.24 bits per heavy atom. The molecule has 0 aliphatic rings. The maximum absolute atomic E-state index is 11.5. The molecule has 0 aromatic rings. The van der Waals surface area contributed by atoms with Gasteiger partial charge >= 0.3 is 5.97 Å². The van der Waals surface area contributed by atoms with Gasteiger partial charge in [0.05, 0.1) is 19.1 Å². The molecule has 1 atom stereocenters. The predicted octanol–water partition coefficient (Wildman–Crippen LogP) is 3.77. The molecule has 0 heterocycles. The first-order valence-electron chi connectivity index (χ1n) is 6.03. The van der Waals surface area contributed by atoms with Crippen LogP contribution in [0.1, 0.15) is 34.1 Å². The van der Waals surface area contributed by atoms with E-state index >= 15 is 0 Å². The van der Waals surface area contributed by atoms with E-state index < -0.39 is 8.32 Å². The molecule has 0 aromatic heterocycles. The summed E-state index contributed by atoms with van der Waals surface area (Å²) in [6.45, 7) is 13.3. The predicted molar refractivity (Wildman–Crippen MR) is 82.2 cm³/mol. The van der Waals surface area contributed by atoms with Crippen molar-refractivity contribution in [2.45, 2.75) is 58.4 Å². The Bertz CT molecular complexity index is 249. The second kappa shape index (κ2) is 7.09. The molecule has 0 aliphatic heterocycles. The van der Waals surface area contributed by atoms with Crippen molar-refractivity contribution in [3.8, 4) is 0 Å². The summed E-state index contributed by atoms with van der Waals surface area (Å²) in [6.07, 6.45) is 0.346. The van der Waals surface area contributed by atoms with Gasteiger partial charge in [0.1, 0.15) is 0 Å². The van der Waals surface area contributed by atoms with E-state index in [4.69, 9.17) is 9.16 Å². The summed E-state index contributed by atoms with van der Waals surface area (Å²) >= 11 is 2.27. The molecule has 3 nitrogen and oxygen atoms in total. The van der Waals surface area contributed by atoms with Gasteiger partial charge in [-0.25, -0.2) is 0 Å². The van der Waals surface area contributed by atoms with Gasteiger partial charge in [-0.2, -0.15) is 0 Å². The van der Waals surface area contributed by atoms with Gasteiger partial charge < -0.3 is 9.16 Å². The molecule has 0 saturated carbocycles. The monoisotopic (exact) mass is 372 g/mol. The van der Waals surface area contributed by atoms with Crippen LogP contribution in [0.4, 0.5) is 0 Å². The van der Waals surface area contributed by atoms with Crippen LogP contribution >= 0.6 is 22.6 Å². The van der Waals surface area contributed by atoms with Gasteiger partial charge in [0.15, 0.2) is 8.32 Å². The average Bonchev–Trinajstić information content (AvgIpc) is 2.14. The standard InChI is InChI=1S/C12H25IO3Si/c1-7-15-11(14)8-10(9-13)16-17(5,6)12(2,3)4/h10H,7-9H2,1-6H3/t10-/m1/s1. The second-order valence-corrected chi connectivity index (χ2v) is 11.3. The Labute approximate surface area is 120 Å². The van der Waals surface area contributed by atoms with Crippen LogP contribution < -0.4 is 0 Å². The number of esters is 1. The van der Waals surface area contributed by atoms with E-state index in [1.165, 1.54) is 0 Å². The highest BCUT2D eigenvalue weighted by atomic mass is 127. The van der Waals surface area contributed by atoms with Crippen molar-refractivity contribution < 1.29 is 14.0 Å². The fraction of sp³-hybridized carbons (Fsp3) is 0.917. The molecule has 0 radical (unpaired) electrons. The Morgan fingerprint density at radius 1 is 1.35 bits per heavy atom. The van der Waals surface area contributed by atoms with Crippen LogP contribution in [0.2, 0.25) is 18.1 Å². The third-order valence-electron chi connectivity index (χ3n) is 3.14. The third kappa shape index (κ3) is 6.19. The smallest absolute Gasteiger partial charge is 0.308 e. The normalized spacial score (nSPS) is 14.5. The summed E-state index contributed by atoms with van der Waals surface area (Å²) in [4.78, 5) is 11.5. The fourth-order valence-electron chi connectivity index (χ4n) is 1.13. The van der Waals surface area contributed by atoms with Crippen LogP contribution in [-0.4, -0.2) is 31.4 Å². The topological polar surface area (TPSA) is 35.5 Å². The van der Waals surface area contributed by atoms with Crippen molar-refractivity contribution in [2.24, 2.45) is 0 Å². The summed E-state index contributed by atoms with van der Waals surface area (Å²) in [7, 11) is -1.79. The molecule has 0 fully saturated rings. The minimum Gasteiger partial charge on any atom is -0.466 e.